The molecule has 21 heavy (non-hydrogen) atoms. The van der Waals surface area contributed by atoms with Gasteiger partial charge in [-0.25, -0.2) is 0 Å². The van der Waals surface area contributed by atoms with Gasteiger partial charge in [-0.1, -0.05) is 48.8 Å². The van der Waals surface area contributed by atoms with Gasteiger partial charge in [0.15, 0.2) is 0 Å². The van der Waals surface area contributed by atoms with Crippen LogP contribution in [0.2, 0.25) is 0 Å². The Morgan fingerprint density at radius 3 is 2.33 bits per heavy atom. The molecular weight excluding hydrogens is 324 g/mol. The van der Waals surface area contributed by atoms with Crippen molar-refractivity contribution in [2.45, 2.75) is 64.6 Å². The van der Waals surface area contributed by atoms with Crippen LogP contribution in [0.5, 0.6) is 0 Å². The molecule has 0 spiro atoms. The summed E-state index contributed by atoms with van der Waals surface area (Å²) in [5, 5.41) is 0. The average Bonchev–Trinajstić information content (AvgIpc) is 3.28. The summed E-state index contributed by atoms with van der Waals surface area (Å²) < 4.78 is 1.13. The molecule has 2 N–H and O–H groups in total. The molecule has 2 unspecified atom stereocenters. The first-order chi connectivity index (χ1) is 10.0. The van der Waals surface area contributed by atoms with E-state index in [-0.39, 0.29) is 6.04 Å². The van der Waals surface area contributed by atoms with Gasteiger partial charge in [0, 0.05) is 16.6 Å². The van der Waals surface area contributed by atoms with E-state index in [9.17, 15) is 0 Å². The number of nitrogens with zero attached hydrogens (tertiary/aromatic N) is 1. The van der Waals surface area contributed by atoms with Crippen molar-refractivity contribution < 1.29 is 0 Å². The van der Waals surface area contributed by atoms with E-state index in [1.807, 2.05) is 0 Å². The number of halogens is 1. The van der Waals surface area contributed by atoms with Crippen LogP contribution in [0.15, 0.2) is 28.7 Å². The summed E-state index contributed by atoms with van der Waals surface area (Å²) >= 11 is 3.53. The van der Waals surface area contributed by atoms with Gasteiger partial charge >= 0.3 is 0 Å². The van der Waals surface area contributed by atoms with Gasteiger partial charge in [-0.3, -0.25) is 4.90 Å². The molecule has 2 rings (SSSR count). The van der Waals surface area contributed by atoms with E-state index in [0.717, 1.165) is 29.4 Å². The largest absolute Gasteiger partial charge is 0.326 e. The van der Waals surface area contributed by atoms with Gasteiger partial charge in [0.05, 0.1) is 6.04 Å². The lowest BCUT2D eigenvalue weighted by Crippen LogP contribution is -2.42. The lowest BCUT2D eigenvalue weighted by atomic mass is 9.95. The summed E-state index contributed by atoms with van der Waals surface area (Å²) in [6.45, 7) is 7.97. The molecule has 2 nitrogen and oxygen atoms in total. The van der Waals surface area contributed by atoms with Crippen molar-refractivity contribution in [2.75, 3.05) is 6.54 Å². The van der Waals surface area contributed by atoms with Crippen molar-refractivity contribution in [3.05, 3.63) is 34.3 Å². The van der Waals surface area contributed by atoms with Gasteiger partial charge < -0.3 is 5.73 Å². The lowest BCUT2D eigenvalue weighted by Gasteiger charge is -2.36. The second kappa shape index (κ2) is 7.75. The summed E-state index contributed by atoms with van der Waals surface area (Å²) in [6, 6.07) is 10.0. The van der Waals surface area contributed by atoms with Crippen LogP contribution in [0.1, 0.15) is 58.1 Å². The van der Waals surface area contributed by atoms with Gasteiger partial charge in [0.25, 0.3) is 0 Å². The zero-order valence-electron chi connectivity index (χ0n) is 13.6. The van der Waals surface area contributed by atoms with Gasteiger partial charge in [-0.2, -0.15) is 0 Å². The number of nitrogens with two attached hydrogens (primary N) is 1. The van der Waals surface area contributed by atoms with Crippen molar-refractivity contribution in [3.8, 4) is 0 Å². The molecule has 1 aromatic carbocycles. The summed E-state index contributed by atoms with van der Waals surface area (Å²) in [4.78, 5) is 2.68. The van der Waals surface area contributed by atoms with E-state index in [1.165, 1.54) is 24.8 Å². The molecule has 0 aliphatic heterocycles. The Labute approximate surface area is 138 Å². The van der Waals surface area contributed by atoms with Crippen molar-refractivity contribution in [3.63, 3.8) is 0 Å². The highest BCUT2D eigenvalue weighted by molar-refractivity contribution is 9.10. The van der Waals surface area contributed by atoms with Crippen LogP contribution in [0.25, 0.3) is 0 Å². The fourth-order valence-electron chi connectivity index (χ4n) is 2.93. The van der Waals surface area contributed by atoms with Crippen LogP contribution in [0, 0.1) is 5.92 Å². The molecule has 0 bridgehead atoms. The molecule has 0 aromatic heterocycles. The Morgan fingerprint density at radius 2 is 1.86 bits per heavy atom. The summed E-state index contributed by atoms with van der Waals surface area (Å²) in [5.41, 5.74) is 7.87. The minimum absolute atomic E-state index is 0.207. The normalized spacial score (nSPS) is 18.2. The minimum atomic E-state index is 0.207. The molecule has 1 aliphatic rings. The molecule has 0 heterocycles. The zero-order valence-corrected chi connectivity index (χ0v) is 15.1. The van der Waals surface area contributed by atoms with E-state index in [0.29, 0.717) is 6.04 Å². The van der Waals surface area contributed by atoms with Gasteiger partial charge in [0.2, 0.25) is 0 Å². The first-order valence-corrected chi connectivity index (χ1v) is 9.09. The first kappa shape index (κ1) is 17.0. The molecule has 0 amide bonds. The molecular formula is C18H29BrN2. The second-order valence-corrected chi connectivity index (χ2v) is 7.64. The molecule has 0 saturated heterocycles. The monoisotopic (exact) mass is 352 g/mol. The molecule has 1 aromatic rings. The van der Waals surface area contributed by atoms with E-state index in [2.05, 4.69) is 65.9 Å². The molecule has 1 fully saturated rings. The maximum Gasteiger partial charge on any atom is 0.0502 e. The third-order valence-electron chi connectivity index (χ3n) is 4.43. The Bertz CT molecular complexity index is 425. The van der Waals surface area contributed by atoms with E-state index >= 15 is 0 Å². The van der Waals surface area contributed by atoms with Crippen molar-refractivity contribution in [1.82, 2.24) is 4.90 Å². The van der Waals surface area contributed by atoms with E-state index in [4.69, 9.17) is 5.73 Å². The van der Waals surface area contributed by atoms with Crippen molar-refractivity contribution >= 4 is 15.9 Å². The SMILES string of the molecule is CCC(N)C(c1ccc(Br)cc1)N(CCC(C)C)C1CC1. The molecule has 118 valence electrons. The standard InChI is InChI=1S/C18H29BrN2/c1-4-17(20)18(14-5-7-15(19)8-6-14)21(16-9-10-16)12-11-13(2)3/h5-8,13,16-18H,4,9-12,20H2,1-3H3. The van der Waals surface area contributed by atoms with E-state index < -0.39 is 0 Å². The molecule has 2 atom stereocenters. The van der Waals surface area contributed by atoms with Gasteiger partial charge in [-0.15, -0.1) is 0 Å². The maximum absolute atomic E-state index is 6.51. The maximum atomic E-state index is 6.51. The summed E-state index contributed by atoms with van der Waals surface area (Å²) in [5.74, 6) is 0.745. The second-order valence-electron chi connectivity index (χ2n) is 6.72. The fourth-order valence-corrected chi connectivity index (χ4v) is 3.19. The third-order valence-corrected chi connectivity index (χ3v) is 4.95. The highest BCUT2D eigenvalue weighted by atomic mass is 79.9. The Kier molecular flexibility index (Phi) is 6.27. The number of hydrogen-bond acceptors (Lipinski definition) is 2. The van der Waals surface area contributed by atoms with Crippen LogP contribution in [-0.2, 0) is 0 Å². The Morgan fingerprint density at radius 1 is 1.24 bits per heavy atom. The zero-order chi connectivity index (χ0) is 15.4. The fraction of sp³-hybridized carbons (Fsp3) is 0.667. The van der Waals surface area contributed by atoms with Gasteiger partial charge in [0.1, 0.15) is 0 Å². The molecule has 0 radical (unpaired) electrons. The number of hydrogen-bond donors (Lipinski definition) is 1. The lowest BCUT2D eigenvalue weighted by molar-refractivity contribution is 0.151. The quantitative estimate of drug-likeness (QED) is 0.732. The van der Waals surface area contributed by atoms with Crippen molar-refractivity contribution in [1.29, 1.82) is 0 Å². The van der Waals surface area contributed by atoms with Crippen LogP contribution in [0.4, 0.5) is 0 Å². The third kappa shape index (κ3) is 4.80. The first-order valence-electron chi connectivity index (χ1n) is 8.29. The Balaban J connectivity index is 2.21. The van der Waals surface area contributed by atoms with Crippen LogP contribution < -0.4 is 5.73 Å². The smallest absolute Gasteiger partial charge is 0.0502 e. The van der Waals surface area contributed by atoms with Crippen LogP contribution in [-0.4, -0.2) is 23.5 Å². The average molecular weight is 353 g/mol. The molecule has 1 saturated carbocycles. The molecule has 3 heteroatoms. The van der Waals surface area contributed by atoms with Crippen LogP contribution >= 0.6 is 15.9 Å². The number of benzene rings is 1. The van der Waals surface area contributed by atoms with Crippen molar-refractivity contribution in [2.24, 2.45) is 11.7 Å². The summed E-state index contributed by atoms with van der Waals surface area (Å²) in [7, 11) is 0. The predicted octanol–water partition coefficient (Wildman–Crippen LogP) is 4.74. The number of rotatable bonds is 8. The van der Waals surface area contributed by atoms with Gasteiger partial charge in [-0.05, 0) is 55.8 Å². The Hall–Kier alpha value is -0.380. The molecule has 1 aliphatic carbocycles. The summed E-state index contributed by atoms with van der Waals surface area (Å²) in [6.07, 6.45) is 4.94. The van der Waals surface area contributed by atoms with E-state index in [1.54, 1.807) is 0 Å². The van der Waals surface area contributed by atoms with Crippen LogP contribution in [0.3, 0.4) is 0 Å². The highest BCUT2D eigenvalue weighted by Gasteiger charge is 2.36. The highest BCUT2D eigenvalue weighted by Crippen LogP contribution is 2.37. The topological polar surface area (TPSA) is 29.3 Å². The minimum Gasteiger partial charge on any atom is -0.326 e. The predicted molar refractivity (Wildman–Crippen MR) is 94.3 cm³/mol.